The highest BCUT2D eigenvalue weighted by molar-refractivity contribution is 5.85. The Morgan fingerprint density at radius 2 is 2.08 bits per heavy atom. The van der Waals surface area contributed by atoms with Crippen molar-refractivity contribution < 1.29 is 0 Å². The normalized spacial score (nSPS) is 22.0. The van der Waals surface area contributed by atoms with Gasteiger partial charge in [-0.25, -0.2) is 9.97 Å². The van der Waals surface area contributed by atoms with Crippen molar-refractivity contribution in [3.8, 4) is 0 Å². The van der Waals surface area contributed by atoms with Gasteiger partial charge >= 0.3 is 0 Å². The van der Waals surface area contributed by atoms with Crippen molar-refractivity contribution in [2.75, 3.05) is 13.1 Å². The summed E-state index contributed by atoms with van der Waals surface area (Å²) in [6, 6.07) is 0. The Morgan fingerprint density at radius 1 is 1.31 bits per heavy atom. The van der Waals surface area contributed by atoms with Crippen LogP contribution in [0, 0.1) is 0 Å². The molecule has 2 heterocycles. The van der Waals surface area contributed by atoms with Crippen LogP contribution < -0.4 is 5.32 Å². The first-order valence-electron chi connectivity index (χ1n) is 4.42. The van der Waals surface area contributed by atoms with Gasteiger partial charge in [0.25, 0.3) is 0 Å². The van der Waals surface area contributed by atoms with Crippen LogP contribution in [0.2, 0.25) is 0 Å². The molecule has 0 bridgehead atoms. The van der Waals surface area contributed by atoms with Crippen molar-refractivity contribution in [1.82, 2.24) is 15.3 Å². The van der Waals surface area contributed by atoms with Crippen LogP contribution in [0.1, 0.15) is 24.3 Å². The van der Waals surface area contributed by atoms with Gasteiger partial charge in [-0.2, -0.15) is 0 Å². The van der Waals surface area contributed by atoms with Crippen molar-refractivity contribution in [3.63, 3.8) is 0 Å². The Balaban J connectivity index is 0.000000845. The van der Waals surface area contributed by atoms with E-state index in [-0.39, 0.29) is 12.4 Å². The van der Waals surface area contributed by atoms with E-state index in [1.807, 2.05) is 12.4 Å². The first-order valence-corrected chi connectivity index (χ1v) is 4.42. The third-order valence-electron chi connectivity index (χ3n) is 2.35. The highest BCUT2D eigenvalue weighted by Crippen LogP contribution is 2.20. The minimum Gasteiger partial charge on any atom is -0.316 e. The fraction of sp³-hybridized carbons (Fsp3) is 0.556. The molecule has 1 fully saturated rings. The lowest BCUT2D eigenvalue weighted by atomic mass is 9.94. The molecule has 1 saturated heterocycles. The first kappa shape index (κ1) is 10.4. The van der Waals surface area contributed by atoms with E-state index in [0.29, 0.717) is 5.92 Å². The van der Waals surface area contributed by atoms with Crippen molar-refractivity contribution in [3.05, 3.63) is 24.3 Å². The summed E-state index contributed by atoms with van der Waals surface area (Å²) in [5.41, 5.74) is 1.27. The lowest BCUT2D eigenvalue weighted by Crippen LogP contribution is -2.28. The van der Waals surface area contributed by atoms with E-state index in [9.17, 15) is 0 Å². The number of halogens is 1. The molecule has 1 aliphatic heterocycles. The van der Waals surface area contributed by atoms with Crippen LogP contribution in [-0.2, 0) is 0 Å². The Morgan fingerprint density at radius 3 is 2.69 bits per heavy atom. The van der Waals surface area contributed by atoms with Crippen LogP contribution in [-0.4, -0.2) is 23.1 Å². The van der Waals surface area contributed by atoms with Gasteiger partial charge in [-0.05, 0) is 30.9 Å². The Kier molecular flexibility index (Phi) is 4.12. The summed E-state index contributed by atoms with van der Waals surface area (Å²) in [5, 5.41) is 3.38. The van der Waals surface area contributed by atoms with E-state index < -0.39 is 0 Å². The van der Waals surface area contributed by atoms with Crippen LogP contribution in [0.3, 0.4) is 0 Å². The molecule has 1 aromatic heterocycles. The summed E-state index contributed by atoms with van der Waals surface area (Å²) in [7, 11) is 0. The number of hydrogen-bond donors (Lipinski definition) is 1. The highest BCUT2D eigenvalue weighted by Gasteiger charge is 2.14. The number of rotatable bonds is 1. The molecule has 3 nitrogen and oxygen atoms in total. The number of hydrogen-bond acceptors (Lipinski definition) is 3. The molecule has 72 valence electrons. The molecule has 0 aromatic carbocycles. The summed E-state index contributed by atoms with van der Waals surface area (Å²) < 4.78 is 0. The molecule has 2 rings (SSSR count). The van der Waals surface area contributed by atoms with Crippen LogP contribution >= 0.6 is 12.4 Å². The predicted octanol–water partition coefficient (Wildman–Crippen LogP) is 1.37. The second kappa shape index (κ2) is 5.14. The molecule has 1 aliphatic rings. The van der Waals surface area contributed by atoms with Gasteiger partial charge in [0.1, 0.15) is 6.33 Å². The van der Waals surface area contributed by atoms with Gasteiger partial charge in [-0.1, -0.05) is 0 Å². The topological polar surface area (TPSA) is 37.8 Å². The molecular formula is C9H14ClN3. The van der Waals surface area contributed by atoms with E-state index in [1.54, 1.807) is 6.33 Å². The molecule has 0 amide bonds. The smallest absolute Gasteiger partial charge is 0.115 e. The molecule has 0 spiro atoms. The number of piperidine rings is 1. The molecular weight excluding hydrogens is 186 g/mol. The van der Waals surface area contributed by atoms with E-state index >= 15 is 0 Å². The van der Waals surface area contributed by atoms with Gasteiger partial charge in [0.2, 0.25) is 0 Å². The lowest BCUT2D eigenvalue weighted by molar-refractivity contribution is 0.460. The van der Waals surface area contributed by atoms with Crippen molar-refractivity contribution >= 4 is 12.4 Å². The molecule has 0 radical (unpaired) electrons. The van der Waals surface area contributed by atoms with Gasteiger partial charge in [-0.15, -0.1) is 12.4 Å². The average Bonchev–Trinajstić information content (AvgIpc) is 2.21. The summed E-state index contributed by atoms with van der Waals surface area (Å²) >= 11 is 0. The van der Waals surface area contributed by atoms with Gasteiger partial charge in [0.05, 0.1) is 0 Å². The van der Waals surface area contributed by atoms with Gasteiger partial charge in [0.15, 0.2) is 0 Å². The zero-order valence-corrected chi connectivity index (χ0v) is 8.26. The number of nitrogens with zero attached hydrogens (tertiary/aromatic N) is 2. The molecule has 13 heavy (non-hydrogen) atoms. The average molecular weight is 200 g/mol. The fourth-order valence-electron chi connectivity index (χ4n) is 1.66. The number of nitrogens with one attached hydrogen (secondary N) is 1. The zero-order chi connectivity index (χ0) is 8.23. The molecule has 0 saturated carbocycles. The summed E-state index contributed by atoms with van der Waals surface area (Å²) in [6.45, 7) is 2.23. The first-order chi connectivity index (χ1) is 5.97. The maximum Gasteiger partial charge on any atom is 0.115 e. The maximum atomic E-state index is 4.02. The van der Waals surface area contributed by atoms with Gasteiger partial charge < -0.3 is 5.32 Å². The van der Waals surface area contributed by atoms with E-state index in [4.69, 9.17) is 0 Å². The molecule has 0 unspecified atom stereocenters. The van der Waals surface area contributed by atoms with Crippen molar-refractivity contribution in [1.29, 1.82) is 0 Å². The van der Waals surface area contributed by atoms with Crippen molar-refractivity contribution in [2.24, 2.45) is 0 Å². The van der Waals surface area contributed by atoms with E-state index in [2.05, 4.69) is 15.3 Å². The van der Waals surface area contributed by atoms with Crippen LogP contribution in [0.15, 0.2) is 18.7 Å². The molecule has 4 heteroatoms. The molecule has 1 atom stereocenters. The van der Waals surface area contributed by atoms with Crippen LogP contribution in [0.4, 0.5) is 0 Å². The second-order valence-corrected chi connectivity index (χ2v) is 3.22. The molecule has 0 aliphatic carbocycles. The third-order valence-corrected chi connectivity index (χ3v) is 2.35. The van der Waals surface area contributed by atoms with Crippen LogP contribution in [0.25, 0.3) is 0 Å². The van der Waals surface area contributed by atoms with Crippen molar-refractivity contribution in [2.45, 2.75) is 18.8 Å². The third kappa shape index (κ3) is 2.64. The van der Waals surface area contributed by atoms with E-state index in [0.717, 1.165) is 13.1 Å². The lowest BCUT2D eigenvalue weighted by Gasteiger charge is -2.22. The van der Waals surface area contributed by atoms with E-state index in [1.165, 1.54) is 18.4 Å². The highest BCUT2D eigenvalue weighted by atomic mass is 35.5. The Bertz CT molecular complexity index is 234. The standard InChI is InChI=1S/C9H13N3.ClH/c1-2-8(4-10-3-1)9-5-11-7-12-6-9;/h5-8,10H,1-4H2;1H/t8-;/m1./s1. The maximum absolute atomic E-state index is 4.02. The monoisotopic (exact) mass is 199 g/mol. The Labute approximate surface area is 84.4 Å². The largest absolute Gasteiger partial charge is 0.316 e. The quantitative estimate of drug-likeness (QED) is 0.743. The van der Waals surface area contributed by atoms with Gasteiger partial charge in [-0.3, -0.25) is 0 Å². The zero-order valence-electron chi connectivity index (χ0n) is 7.44. The second-order valence-electron chi connectivity index (χ2n) is 3.22. The SMILES string of the molecule is Cl.c1ncc([C@@H]2CCCNC2)cn1. The van der Waals surface area contributed by atoms with Gasteiger partial charge in [0, 0.05) is 18.9 Å². The molecule has 1 aromatic rings. The molecule has 1 N–H and O–H groups in total. The number of aromatic nitrogens is 2. The summed E-state index contributed by atoms with van der Waals surface area (Å²) in [6.07, 6.45) is 7.95. The predicted molar refractivity (Wildman–Crippen MR) is 54.1 cm³/mol. The minimum atomic E-state index is 0. The van der Waals surface area contributed by atoms with Crippen LogP contribution in [0.5, 0.6) is 0 Å². The minimum absolute atomic E-state index is 0. The summed E-state index contributed by atoms with van der Waals surface area (Å²) in [5.74, 6) is 0.625. The Hall–Kier alpha value is -0.670. The fourth-order valence-corrected chi connectivity index (χ4v) is 1.66. The summed E-state index contributed by atoms with van der Waals surface area (Å²) in [4.78, 5) is 8.04.